The van der Waals surface area contributed by atoms with Crippen LogP contribution in [0.4, 0.5) is 0 Å². The summed E-state index contributed by atoms with van der Waals surface area (Å²) < 4.78 is 10.3. The van der Waals surface area contributed by atoms with Gasteiger partial charge in [0.1, 0.15) is 0 Å². The first kappa shape index (κ1) is 20.6. The number of carbonyl (C=O) groups excluding carboxylic acids is 2. The number of benzene rings is 1. The Morgan fingerprint density at radius 1 is 1.04 bits per heavy atom. The van der Waals surface area contributed by atoms with Crippen LogP contribution in [0, 0.1) is 16.0 Å². The third-order valence-corrected chi connectivity index (χ3v) is 3.47. The van der Waals surface area contributed by atoms with E-state index in [0.29, 0.717) is 5.56 Å². The van der Waals surface area contributed by atoms with Gasteiger partial charge in [0.2, 0.25) is 6.54 Å². The second-order valence-electron chi connectivity index (χ2n) is 6.37. The first-order chi connectivity index (χ1) is 11.7. The molecule has 0 saturated carbocycles. The van der Waals surface area contributed by atoms with E-state index < -0.39 is 35.2 Å². The summed E-state index contributed by atoms with van der Waals surface area (Å²) in [4.78, 5) is 35.2. The lowest BCUT2D eigenvalue weighted by Crippen LogP contribution is -2.33. The molecule has 0 heterocycles. The normalized spacial score (nSPS) is 13.4. The van der Waals surface area contributed by atoms with E-state index in [1.165, 1.54) is 0 Å². The van der Waals surface area contributed by atoms with Gasteiger partial charge in [-0.15, -0.1) is 0 Å². The molecule has 0 aromatic heterocycles. The summed E-state index contributed by atoms with van der Waals surface area (Å²) in [5, 5.41) is 11.1. The number of nitrogens with zero attached hydrogens (tertiary/aromatic N) is 1. The number of hydrogen-bond donors (Lipinski definition) is 0. The average molecular weight is 351 g/mol. The second-order valence-corrected chi connectivity index (χ2v) is 6.37. The number of carbonyl (C=O) groups is 2. The molecule has 1 aromatic carbocycles. The zero-order valence-electron chi connectivity index (χ0n) is 15.0. The maximum atomic E-state index is 12.5. The Kier molecular flexibility index (Phi) is 8.04. The zero-order valence-corrected chi connectivity index (χ0v) is 15.0. The Morgan fingerprint density at radius 3 is 2.08 bits per heavy atom. The summed E-state index contributed by atoms with van der Waals surface area (Å²) in [7, 11) is 0. The Morgan fingerprint density at radius 2 is 1.60 bits per heavy atom. The van der Waals surface area contributed by atoms with Gasteiger partial charge >= 0.3 is 11.9 Å². The Labute approximate surface area is 147 Å². The Bertz CT molecular complexity index is 584. The predicted octanol–water partition coefficient (Wildman–Crippen LogP) is 2.96. The van der Waals surface area contributed by atoms with E-state index in [1.54, 1.807) is 58.0 Å². The highest BCUT2D eigenvalue weighted by atomic mass is 16.6. The monoisotopic (exact) mass is 351 g/mol. The lowest BCUT2D eigenvalue weighted by Gasteiger charge is -2.24. The molecule has 0 fully saturated rings. The van der Waals surface area contributed by atoms with E-state index in [2.05, 4.69) is 0 Å². The first-order valence-electron chi connectivity index (χ1n) is 8.27. The number of hydrogen-bond acceptors (Lipinski definition) is 6. The van der Waals surface area contributed by atoms with Crippen LogP contribution < -0.4 is 0 Å². The van der Waals surface area contributed by atoms with Crippen LogP contribution in [-0.2, 0) is 19.1 Å². The standard InChI is InChI=1S/C18H25NO6/c1-12(2)24-17(20)10-15(18(21)25-13(3)4)16(11-19(22)23)14-8-6-5-7-9-14/h5-9,12-13,15-16H,10-11H2,1-4H3/t15?,16-/m1/s1. The van der Waals surface area contributed by atoms with Crippen LogP contribution in [-0.4, -0.2) is 35.6 Å². The minimum Gasteiger partial charge on any atom is -0.463 e. The zero-order chi connectivity index (χ0) is 19.0. The molecule has 1 unspecified atom stereocenters. The third-order valence-electron chi connectivity index (χ3n) is 3.47. The van der Waals surface area contributed by atoms with Crippen LogP contribution in [0.25, 0.3) is 0 Å². The molecule has 1 rings (SSSR count). The van der Waals surface area contributed by atoms with E-state index in [9.17, 15) is 19.7 Å². The largest absolute Gasteiger partial charge is 0.463 e. The first-order valence-corrected chi connectivity index (χ1v) is 8.27. The molecule has 0 radical (unpaired) electrons. The fourth-order valence-corrected chi connectivity index (χ4v) is 2.53. The van der Waals surface area contributed by atoms with E-state index in [-0.39, 0.29) is 18.6 Å². The van der Waals surface area contributed by atoms with Gasteiger partial charge in [-0.25, -0.2) is 0 Å². The number of esters is 2. The quantitative estimate of drug-likeness (QED) is 0.385. The van der Waals surface area contributed by atoms with Crippen molar-refractivity contribution in [2.45, 2.75) is 52.2 Å². The maximum absolute atomic E-state index is 12.5. The number of rotatable bonds is 9. The summed E-state index contributed by atoms with van der Waals surface area (Å²) in [6, 6.07) is 8.66. The van der Waals surface area contributed by atoms with Crippen molar-refractivity contribution in [3.8, 4) is 0 Å². The summed E-state index contributed by atoms with van der Waals surface area (Å²) in [5.74, 6) is -2.97. The second kappa shape index (κ2) is 9.76. The topological polar surface area (TPSA) is 95.7 Å². The minimum atomic E-state index is -0.985. The third kappa shape index (κ3) is 7.32. The molecule has 2 atom stereocenters. The smallest absolute Gasteiger partial charge is 0.310 e. The van der Waals surface area contributed by atoms with E-state index in [4.69, 9.17) is 9.47 Å². The molecule has 25 heavy (non-hydrogen) atoms. The predicted molar refractivity (Wildman–Crippen MR) is 91.6 cm³/mol. The Hall–Kier alpha value is -2.44. The van der Waals surface area contributed by atoms with Gasteiger partial charge in [0.15, 0.2) is 0 Å². The molecule has 0 bridgehead atoms. The molecular weight excluding hydrogens is 326 g/mol. The molecule has 7 heteroatoms. The molecule has 0 N–H and O–H groups in total. The van der Waals surface area contributed by atoms with Crippen molar-refractivity contribution in [3.05, 3.63) is 46.0 Å². The van der Waals surface area contributed by atoms with Gasteiger partial charge in [0.05, 0.1) is 30.5 Å². The van der Waals surface area contributed by atoms with E-state index in [0.717, 1.165) is 0 Å². The molecule has 0 spiro atoms. The number of ether oxygens (including phenoxy) is 2. The van der Waals surface area contributed by atoms with Crippen LogP contribution in [0.5, 0.6) is 0 Å². The average Bonchev–Trinajstić information content (AvgIpc) is 2.49. The summed E-state index contributed by atoms with van der Waals surface area (Å²) in [6.07, 6.45) is -0.986. The highest BCUT2D eigenvalue weighted by Crippen LogP contribution is 2.30. The van der Waals surface area contributed by atoms with Gasteiger partial charge in [-0.2, -0.15) is 0 Å². The van der Waals surface area contributed by atoms with Crippen molar-refractivity contribution < 1.29 is 24.0 Å². The van der Waals surface area contributed by atoms with E-state index >= 15 is 0 Å². The fraction of sp³-hybridized carbons (Fsp3) is 0.556. The van der Waals surface area contributed by atoms with Gasteiger partial charge in [-0.05, 0) is 33.3 Å². The van der Waals surface area contributed by atoms with Gasteiger partial charge in [-0.3, -0.25) is 19.7 Å². The summed E-state index contributed by atoms with van der Waals surface area (Å²) in [5.41, 5.74) is 0.613. The van der Waals surface area contributed by atoms with Crippen molar-refractivity contribution in [1.29, 1.82) is 0 Å². The van der Waals surface area contributed by atoms with Crippen molar-refractivity contribution in [1.82, 2.24) is 0 Å². The van der Waals surface area contributed by atoms with Crippen molar-refractivity contribution in [2.75, 3.05) is 6.54 Å². The van der Waals surface area contributed by atoms with Gasteiger partial charge < -0.3 is 9.47 Å². The van der Waals surface area contributed by atoms with Crippen molar-refractivity contribution in [2.24, 2.45) is 5.92 Å². The molecule has 0 aliphatic rings. The molecule has 0 amide bonds. The molecule has 1 aromatic rings. The lowest BCUT2D eigenvalue weighted by molar-refractivity contribution is -0.484. The number of nitro groups is 1. The van der Waals surface area contributed by atoms with Crippen molar-refractivity contribution in [3.63, 3.8) is 0 Å². The van der Waals surface area contributed by atoms with E-state index in [1.807, 2.05) is 0 Å². The van der Waals surface area contributed by atoms with Gasteiger partial charge in [0.25, 0.3) is 0 Å². The SMILES string of the molecule is CC(C)OC(=O)CC(C(=O)OC(C)C)[C@H](C[N+](=O)[O-])c1ccccc1. The van der Waals surface area contributed by atoms with Crippen LogP contribution >= 0.6 is 0 Å². The minimum absolute atomic E-state index is 0.267. The van der Waals surface area contributed by atoms with Crippen LogP contribution in [0.1, 0.15) is 45.6 Å². The summed E-state index contributed by atoms with van der Waals surface area (Å²) >= 11 is 0. The van der Waals surface area contributed by atoms with Gasteiger partial charge in [0, 0.05) is 4.92 Å². The molecule has 0 aliphatic heterocycles. The van der Waals surface area contributed by atoms with Crippen molar-refractivity contribution >= 4 is 11.9 Å². The molecule has 7 nitrogen and oxygen atoms in total. The molecule has 138 valence electrons. The fourth-order valence-electron chi connectivity index (χ4n) is 2.53. The highest BCUT2D eigenvalue weighted by molar-refractivity contribution is 5.81. The lowest BCUT2D eigenvalue weighted by atomic mass is 9.83. The molecule has 0 aliphatic carbocycles. The highest BCUT2D eigenvalue weighted by Gasteiger charge is 2.37. The van der Waals surface area contributed by atoms with Crippen LogP contribution in [0.2, 0.25) is 0 Å². The van der Waals surface area contributed by atoms with Gasteiger partial charge in [-0.1, -0.05) is 30.3 Å². The Balaban J connectivity index is 3.15. The molecular formula is C18H25NO6. The van der Waals surface area contributed by atoms with Crippen LogP contribution in [0.3, 0.4) is 0 Å². The maximum Gasteiger partial charge on any atom is 0.310 e. The molecule has 0 saturated heterocycles. The van der Waals surface area contributed by atoms with Crippen LogP contribution in [0.15, 0.2) is 30.3 Å². The summed E-state index contributed by atoms with van der Waals surface area (Å²) in [6.45, 7) is 6.30.